The first kappa shape index (κ1) is 25.3. The SMILES string of the molecule is C=C(/C=C/C1CCC(c2ccc(-c3ccc(OC)cc3)c(F)c2F)CC1)/C(F)=C(/F)C(=C)OC. The fraction of sp³-hybridized carbons (Fsp3) is 0.286. The highest BCUT2D eigenvalue weighted by Crippen LogP contribution is 2.39. The summed E-state index contributed by atoms with van der Waals surface area (Å²) in [6.45, 7) is 6.83. The number of allylic oxidation sites excluding steroid dienone is 5. The van der Waals surface area contributed by atoms with Gasteiger partial charge in [-0.25, -0.2) is 13.2 Å². The van der Waals surface area contributed by atoms with Crippen LogP contribution in [0.25, 0.3) is 11.1 Å². The van der Waals surface area contributed by atoms with E-state index in [0.717, 1.165) is 0 Å². The fourth-order valence-corrected chi connectivity index (χ4v) is 4.17. The molecule has 180 valence electrons. The summed E-state index contributed by atoms with van der Waals surface area (Å²) >= 11 is 0. The van der Waals surface area contributed by atoms with E-state index in [9.17, 15) is 17.6 Å². The Labute approximate surface area is 197 Å². The molecular formula is C28H28F4O2. The highest BCUT2D eigenvalue weighted by Gasteiger charge is 2.26. The minimum atomic E-state index is -1.18. The van der Waals surface area contributed by atoms with Crippen molar-refractivity contribution in [2.75, 3.05) is 14.2 Å². The van der Waals surface area contributed by atoms with Gasteiger partial charge in [-0.1, -0.05) is 49.6 Å². The molecule has 0 radical (unpaired) electrons. The summed E-state index contributed by atoms with van der Waals surface area (Å²) in [6, 6.07) is 10.1. The molecule has 0 unspecified atom stereocenters. The van der Waals surface area contributed by atoms with Crippen molar-refractivity contribution in [3.05, 3.63) is 102 Å². The molecule has 2 aromatic rings. The zero-order chi connectivity index (χ0) is 24.8. The third-order valence-corrected chi connectivity index (χ3v) is 6.26. The van der Waals surface area contributed by atoms with Gasteiger partial charge in [0.2, 0.25) is 5.83 Å². The van der Waals surface area contributed by atoms with E-state index in [4.69, 9.17) is 4.74 Å². The summed E-state index contributed by atoms with van der Waals surface area (Å²) in [5.41, 5.74) is 1.04. The van der Waals surface area contributed by atoms with Gasteiger partial charge < -0.3 is 9.47 Å². The number of hydrogen-bond donors (Lipinski definition) is 0. The molecule has 0 spiro atoms. The second-order valence-electron chi connectivity index (χ2n) is 8.31. The third kappa shape index (κ3) is 5.61. The molecule has 0 saturated heterocycles. The van der Waals surface area contributed by atoms with Crippen molar-refractivity contribution in [1.29, 1.82) is 0 Å². The van der Waals surface area contributed by atoms with Gasteiger partial charge in [-0.2, -0.15) is 4.39 Å². The van der Waals surface area contributed by atoms with Crippen molar-refractivity contribution in [3.63, 3.8) is 0 Å². The van der Waals surface area contributed by atoms with Crippen LogP contribution in [0.15, 0.2) is 84.7 Å². The highest BCUT2D eigenvalue weighted by molar-refractivity contribution is 5.65. The lowest BCUT2D eigenvalue weighted by Crippen LogP contribution is -2.13. The van der Waals surface area contributed by atoms with Gasteiger partial charge in [0.1, 0.15) is 11.5 Å². The van der Waals surface area contributed by atoms with E-state index in [0.29, 0.717) is 42.6 Å². The Kier molecular flexibility index (Phi) is 8.37. The van der Waals surface area contributed by atoms with Gasteiger partial charge in [0.15, 0.2) is 17.5 Å². The summed E-state index contributed by atoms with van der Waals surface area (Å²) in [4.78, 5) is 0. The quantitative estimate of drug-likeness (QED) is 0.218. The maximum atomic E-state index is 15.0. The van der Waals surface area contributed by atoms with Crippen molar-refractivity contribution in [3.8, 4) is 16.9 Å². The van der Waals surface area contributed by atoms with Gasteiger partial charge >= 0.3 is 0 Å². The zero-order valence-electron chi connectivity index (χ0n) is 19.3. The average Bonchev–Trinajstić information content (AvgIpc) is 2.88. The zero-order valence-corrected chi connectivity index (χ0v) is 19.3. The summed E-state index contributed by atoms with van der Waals surface area (Å²) in [7, 11) is 2.74. The van der Waals surface area contributed by atoms with Gasteiger partial charge in [-0.15, -0.1) is 0 Å². The molecule has 1 fully saturated rings. The first-order valence-corrected chi connectivity index (χ1v) is 11.0. The number of rotatable bonds is 8. The van der Waals surface area contributed by atoms with E-state index in [1.807, 2.05) is 0 Å². The number of hydrogen-bond acceptors (Lipinski definition) is 2. The second-order valence-corrected chi connectivity index (χ2v) is 8.31. The van der Waals surface area contributed by atoms with E-state index in [1.54, 1.807) is 49.6 Å². The Morgan fingerprint density at radius 3 is 2.12 bits per heavy atom. The molecular weight excluding hydrogens is 444 g/mol. The Bertz CT molecular complexity index is 1110. The first-order valence-electron chi connectivity index (χ1n) is 11.0. The monoisotopic (exact) mass is 472 g/mol. The Hall–Kier alpha value is -3.28. The van der Waals surface area contributed by atoms with Crippen LogP contribution in [0.2, 0.25) is 0 Å². The largest absolute Gasteiger partial charge is 0.497 e. The van der Waals surface area contributed by atoms with E-state index in [2.05, 4.69) is 17.9 Å². The second kappa shape index (κ2) is 11.2. The van der Waals surface area contributed by atoms with Crippen LogP contribution in [0, 0.1) is 17.6 Å². The van der Waals surface area contributed by atoms with E-state index < -0.39 is 29.0 Å². The Morgan fingerprint density at radius 2 is 1.53 bits per heavy atom. The van der Waals surface area contributed by atoms with Crippen LogP contribution in [0.3, 0.4) is 0 Å². The lowest BCUT2D eigenvalue weighted by Gasteiger charge is -2.27. The lowest BCUT2D eigenvalue weighted by molar-refractivity contribution is 0.281. The van der Waals surface area contributed by atoms with Crippen LogP contribution in [0.5, 0.6) is 5.75 Å². The fourth-order valence-electron chi connectivity index (χ4n) is 4.17. The Balaban J connectivity index is 1.66. The van der Waals surface area contributed by atoms with Crippen LogP contribution in [0.4, 0.5) is 17.6 Å². The third-order valence-electron chi connectivity index (χ3n) is 6.26. The average molecular weight is 473 g/mol. The van der Waals surface area contributed by atoms with Crippen molar-refractivity contribution >= 4 is 0 Å². The first-order chi connectivity index (χ1) is 16.3. The molecule has 0 aliphatic heterocycles. The predicted octanol–water partition coefficient (Wildman–Crippen LogP) is 8.34. The molecule has 0 atom stereocenters. The topological polar surface area (TPSA) is 18.5 Å². The van der Waals surface area contributed by atoms with Gasteiger partial charge in [-0.05, 0) is 60.8 Å². The van der Waals surface area contributed by atoms with Crippen molar-refractivity contribution in [2.45, 2.75) is 31.6 Å². The van der Waals surface area contributed by atoms with E-state index in [1.165, 1.54) is 13.2 Å². The maximum Gasteiger partial charge on any atom is 0.200 e. The van der Waals surface area contributed by atoms with Crippen LogP contribution < -0.4 is 4.74 Å². The van der Waals surface area contributed by atoms with Crippen molar-refractivity contribution in [1.82, 2.24) is 0 Å². The summed E-state index contributed by atoms with van der Waals surface area (Å²) in [6.07, 6.45) is 5.97. The normalized spacial score (nSPS) is 19.0. The predicted molar refractivity (Wildman–Crippen MR) is 127 cm³/mol. The number of ether oxygens (including phenoxy) is 2. The van der Waals surface area contributed by atoms with Crippen LogP contribution >= 0.6 is 0 Å². The molecule has 0 aromatic heterocycles. The Morgan fingerprint density at radius 1 is 0.882 bits per heavy atom. The van der Waals surface area contributed by atoms with Crippen LogP contribution in [0.1, 0.15) is 37.2 Å². The van der Waals surface area contributed by atoms with Gasteiger partial charge in [0.05, 0.1) is 14.2 Å². The molecule has 1 aliphatic carbocycles. The summed E-state index contributed by atoms with van der Waals surface area (Å²) in [5.74, 6) is -3.74. The number of halogens is 4. The minimum absolute atomic E-state index is 0.105. The molecule has 6 heteroatoms. The molecule has 2 nitrogen and oxygen atoms in total. The van der Waals surface area contributed by atoms with Crippen LogP contribution in [-0.4, -0.2) is 14.2 Å². The molecule has 34 heavy (non-hydrogen) atoms. The van der Waals surface area contributed by atoms with Crippen molar-refractivity contribution < 1.29 is 27.0 Å². The highest BCUT2D eigenvalue weighted by atomic mass is 19.2. The van der Waals surface area contributed by atoms with Gasteiger partial charge in [-0.3, -0.25) is 0 Å². The molecule has 1 aliphatic rings. The number of benzene rings is 2. The molecule has 0 amide bonds. The maximum absolute atomic E-state index is 15.0. The molecule has 0 heterocycles. The smallest absolute Gasteiger partial charge is 0.200 e. The standard InChI is InChI=1S/C28H28F4O2/c1-17(25(29)26(30)18(2)33-3)5-6-19-7-9-20(10-8-19)23-15-16-24(28(32)27(23)31)21-11-13-22(34-4)14-12-21/h5-6,11-16,19-20H,1-2,7-10H2,3-4H3/b6-5+,26-25-. The van der Waals surface area contributed by atoms with E-state index in [-0.39, 0.29) is 23.0 Å². The van der Waals surface area contributed by atoms with Gasteiger partial charge in [0, 0.05) is 11.1 Å². The molecule has 1 saturated carbocycles. The molecule has 3 rings (SSSR count). The number of methoxy groups -OCH3 is 2. The van der Waals surface area contributed by atoms with Crippen LogP contribution in [-0.2, 0) is 4.74 Å². The summed E-state index contributed by atoms with van der Waals surface area (Å²) < 4.78 is 67.4. The van der Waals surface area contributed by atoms with Gasteiger partial charge in [0.25, 0.3) is 0 Å². The van der Waals surface area contributed by atoms with E-state index >= 15 is 0 Å². The summed E-state index contributed by atoms with van der Waals surface area (Å²) in [5, 5.41) is 0. The lowest BCUT2D eigenvalue weighted by atomic mass is 9.78. The molecule has 0 N–H and O–H groups in total. The molecule has 2 aromatic carbocycles. The van der Waals surface area contributed by atoms with Crippen molar-refractivity contribution in [2.24, 2.45) is 5.92 Å². The molecule has 0 bridgehead atoms. The minimum Gasteiger partial charge on any atom is -0.497 e.